The molecule has 4 heteroatoms. The molecule has 0 aromatic carbocycles. The Morgan fingerprint density at radius 1 is 1.44 bits per heavy atom. The fraction of sp³-hybridized carbons (Fsp3) is 0.643. The third-order valence-corrected chi connectivity index (χ3v) is 3.89. The van der Waals surface area contributed by atoms with Gasteiger partial charge < -0.3 is 15.5 Å². The lowest BCUT2D eigenvalue weighted by Crippen LogP contribution is -2.42. The Kier molecular flexibility index (Phi) is 4.19. The largest absolute Gasteiger partial charge is 0.357 e. The highest BCUT2D eigenvalue weighted by Gasteiger charge is 2.21. The predicted octanol–water partition coefficient (Wildman–Crippen LogP) is 1.63. The monoisotopic (exact) mass is 248 g/mol. The Balaban J connectivity index is 2.08. The van der Waals surface area contributed by atoms with Crippen molar-refractivity contribution >= 4 is 5.82 Å². The van der Waals surface area contributed by atoms with Gasteiger partial charge in [-0.15, -0.1) is 0 Å². The predicted molar refractivity (Wildman–Crippen MR) is 75.8 cm³/mol. The number of nitrogens with zero attached hydrogens (tertiary/aromatic N) is 3. The van der Waals surface area contributed by atoms with E-state index in [0.29, 0.717) is 6.04 Å². The Morgan fingerprint density at radius 3 is 2.72 bits per heavy atom. The second-order valence-corrected chi connectivity index (χ2v) is 5.38. The van der Waals surface area contributed by atoms with Gasteiger partial charge in [0.15, 0.2) is 0 Å². The molecule has 0 amide bonds. The van der Waals surface area contributed by atoms with Crippen LogP contribution in [0.15, 0.2) is 18.3 Å². The average Bonchev–Trinajstić information content (AvgIpc) is 2.39. The van der Waals surface area contributed by atoms with Crippen molar-refractivity contribution in [3.05, 3.63) is 23.9 Å². The van der Waals surface area contributed by atoms with Crippen molar-refractivity contribution in [2.75, 3.05) is 32.1 Å². The summed E-state index contributed by atoms with van der Waals surface area (Å²) < 4.78 is 0. The number of aromatic nitrogens is 1. The molecular formula is C14H24N4. The first-order valence-electron chi connectivity index (χ1n) is 6.71. The molecule has 18 heavy (non-hydrogen) atoms. The molecule has 0 unspecified atom stereocenters. The van der Waals surface area contributed by atoms with E-state index in [2.05, 4.69) is 34.9 Å². The highest BCUT2D eigenvalue weighted by Crippen LogP contribution is 2.22. The number of piperidine rings is 1. The number of hydrogen-bond acceptors (Lipinski definition) is 4. The van der Waals surface area contributed by atoms with Gasteiger partial charge in [0.25, 0.3) is 0 Å². The smallest absolute Gasteiger partial charge is 0.128 e. The summed E-state index contributed by atoms with van der Waals surface area (Å²) in [4.78, 5) is 9.16. The molecule has 1 fully saturated rings. The summed E-state index contributed by atoms with van der Waals surface area (Å²) in [6.45, 7) is 4.35. The van der Waals surface area contributed by atoms with Gasteiger partial charge in [0.1, 0.15) is 5.82 Å². The molecule has 1 aliphatic heterocycles. The van der Waals surface area contributed by atoms with Crippen molar-refractivity contribution in [1.29, 1.82) is 0 Å². The van der Waals surface area contributed by atoms with E-state index in [-0.39, 0.29) is 6.04 Å². The van der Waals surface area contributed by atoms with Crippen molar-refractivity contribution in [3.63, 3.8) is 0 Å². The topological polar surface area (TPSA) is 45.4 Å². The quantitative estimate of drug-likeness (QED) is 0.883. The van der Waals surface area contributed by atoms with E-state index >= 15 is 0 Å². The summed E-state index contributed by atoms with van der Waals surface area (Å²) in [5, 5.41) is 0. The molecule has 100 valence electrons. The molecule has 1 atom stereocenters. The van der Waals surface area contributed by atoms with E-state index in [1.807, 2.05) is 19.2 Å². The summed E-state index contributed by atoms with van der Waals surface area (Å²) in [5.41, 5.74) is 7.08. The van der Waals surface area contributed by atoms with Crippen LogP contribution < -0.4 is 10.6 Å². The SMILES string of the molecule is C[C@H](N)c1ccnc(N(C)C2CCN(C)CC2)c1. The number of likely N-dealkylation sites (tertiary alicyclic amines) is 1. The van der Waals surface area contributed by atoms with E-state index in [1.54, 1.807) is 0 Å². The first-order chi connectivity index (χ1) is 8.58. The van der Waals surface area contributed by atoms with Gasteiger partial charge in [-0.3, -0.25) is 0 Å². The second kappa shape index (κ2) is 5.67. The molecule has 0 aliphatic carbocycles. The van der Waals surface area contributed by atoms with Crippen molar-refractivity contribution in [3.8, 4) is 0 Å². The molecule has 0 saturated carbocycles. The first kappa shape index (κ1) is 13.3. The Hall–Kier alpha value is -1.13. The zero-order chi connectivity index (χ0) is 13.1. The van der Waals surface area contributed by atoms with E-state index in [0.717, 1.165) is 11.4 Å². The fourth-order valence-corrected chi connectivity index (χ4v) is 2.48. The summed E-state index contributed by atoms with van der Waals surface area (Å²) in [6, 6.07) is 4.77. The lowest BCUT2D eigenvalue weighted by Gasteiger charge is -2.35. The van der Waals surface area contributed by atoms with Crippen LogP contribution in [0, 0.1) is 0 Å². The van der Waals surface area contributed by atoms with Crippen LogP contribution in [0.3, 0.4) is 0 Å². The molecule has 0 bridgehead atoms. The lowest BCUT2D eigenvalue weighted by atomic mass is 10.0. The highest BCUT2D eigenvalue weighted by atomic mass is 15.2. The number of hydrogen-bond donors (Lipinski definition) is 1. The van der Waals surface area contributed by atoms with Crippen molar-refractivity contribution in [2.45, 2.75) is 31.8 Å². The van der Waals surface area contributed by atoms with Gasteiger partial charge in [-0.05, 0) is 57.6 Å². The Bertz CT molecular complexity index is 383. The molecule has 2 heterocycles. The van der Waals surface area contributed by atoms with Gasteiger partial charge in [0.05, 0.1) is 0 Å². The van der Waals surface area contributed by atoms with Gasteiger partial charge in [0.2, 0.25) is 0 Å². The molecule has 1 aliphatic rings. The standard InChI is InChI=1S/C14H24N4/c1-11(15)12-4-7-16-14(10-12)18(3)13-5-8-17(2)9-6-13/h4,7,10-11,13H,5-6,8-9,15H2,1-3H3/t11-/m0/s1. The van der Waals surface area contributed by atoms with Crippen LogP contribution in [-0.4, -0.2) is 43.1 Å². The van der Waals surface area contributed by atoms with Crippen LogP contribution in [0.5, 0.6) is 0 Å². The first-order valence-corrected chi connectivity index (χ1v) is 6.71. The van der Waals surface area contributed by atoms with E-state index in [9.17, 15) is 0 Å². The maximum atomic E-state index is 5.93. The number of pyridine rings is 1. The second-order valence-electron chi connectivity index (χ2n) is 5.38. The minimum absolute atomic E-state index is 0.0673. The average molecular weight is 248 g/mol. The lowest BCUT2D eigenvalue weighted by molar-refractivity contribution is 0.252. The van der Waals surface area contributed by atoms with Gasteiger partial charge >= 0.3 is 0 Å². The minimum atomic E-state index is 0.0673. The van der Waals surface area contributed by atoms with Crippen LogP contribution in [-0.2, 0) is 0 Å². The highest BCUT2D eigenvalue weighted by molar-refractivity contribution is 5.42. The van der Waals surface area contributed by atoms with Crippen LogP contribution in [0.1, 0.15) is 31.4 Å². The molecule has 1 aromatic heterocycles. The van der Waals surface area contributed by atoms with E-state index < -0.39 is 0 Å². The zero-order valence-electron chi connectivity index (χ0n) is 11.6. The summed E-state index contributed by atoms with van der Waals surface area (Å²) >= 11 is 0. The van der Waals surface area contributed by atoms with Gasteiger partial charge in [-0.1, -0.05) is 0 Å². The Morgan fingerprint density at radius 2 is 2.11 bits per heavy atom. The van der Waals surface area contributed by atoms with Crippen molar-refractivity contribution < 1.29 is 0 Å². The van der Waals surface area contributed by atoms with Crippen LogP contribution in [0.25, 0.3) is 0 Å². The number of nitrogens with two attached hydrogens (primary N) is 1. The van der Waals surface area contributed by atoms with Crippen molar-refractivity contribution in [2.24, 2.45) is 5.73 Å². The molecule has 0 spiro atoms. The number of anilines is 1. The summed E-state index contributed by atoms with van der Waals surface area (Å²) in [5.74, 6) is 1.04. The molecule has 2 rings (SSSR count). The maximum Gasteiger partial charge on any atom is 0.128 e. The van der Waals surface area contributed by atoms with E-state index in [1.165, 1.54) is 25.9 Å². The normalized spacial score (nSPS) is 19.8. The molecule has 1 saturated heterocycles. The molecule has 4 nitrogen and oxygen atoms in total. The van der Waals surface area contributed by atoms with E-state index in [4.69, 9.17) is 5.73 Å². The van der Waals surface area contributed by atoms with Gasteiger partial charge in [0, 0.05) is 25.3 Å². The molecule has 2 N–H and O–H groups in total. The molecular weight excluding hydrogens is 224 g/mol. The van der Waals surface area contributed by atoms with Gasteiger partial charge in [-0.2, -0.15) is 0 Å². The Labute approximate surface area is 110 Å². The number of rotatable bonds is 3. The van der Waals surface area contributed by atoms with Crippen LogP contribution >= 0.6 is 0 Å². The fourth-order valence-electron chi connectivity index (χ4n) is 2.48. The summed E-state index contributed by atoms with van der Waals surface area (Å²) in [7, 11) is 4.33. The van der Waals surface area contributed by atoms with Crippen LogP contribution in [0.4, 0.5) is 5.82 Å². The molecule has 0 radical (unpaired) electrons. The summed E-state index contributed by atoms with van der Waals surface area (Å²) in [6.07, 6.45) is 4.27. The third-order valence-electron chi connectivity index (χ3n) is 3.89. The zero-order valence-corrected chi connectivity index (χ0v) is 11.6. The minimum Gasteiger partial charge on any atom is -0.357 e. The van der Waals surface area contributed by atoms with Gasteiger partial charge in [-0.25, -0.2) is 4.98 Å². The van der Waals surface area contributed by atoms with Crippen LogP contribution in [0.2, 0.25) is 0 Å². The third kappa shape index (κ3) is 3.00. The maximum absolute atomic E-state index is 5.93. The van der Waals surface area contributed by atoms with Crippen molar-refractivity contribution in [1.82, 2.24) is 9.88 Å². The molecule has 1 aromatic rings.